The van der Waals surface area contributed by atoms with Gasteiger partial charge in [-0.3, -0.25) is 5.10 Å². The van der Waals surface area contributed by atoms with E-state index in [9.17, 15) is 0 Å². The maximum Gasteiger partial charge on any atom is 0.0490 e. The van der Waals surface area contributed by atoms with Gasteiger partial charge in [-0.05, 0) is 56.4 Å². The molecule has 21 heavy (non-hydrogen) atoms. The molecule has 1 aliphatic heterocycles. The quantitative estimate of drug-likeness (QED) is 0.905. The van der Waals surface area contributed by atoms with Crippen LogP contribution in [0.2, 0.25) is 0 Å². The third kappa shape index (κ3) is 3.73. The van der Waals surface area contributed by atoms with Crippen LogP contribution in [-0.4, -0.2) is 34.7 Å². The Balaban J connectivity index is 1.43. The number of aromatic amines is 1. The summed E-state index contributed by atoms with van der Waals surface area (Å²) < 4.78 is 0. The Morgan fingerprint density at radius 3 is 2.62 bits per heavy atom. The summed E-state index contributed by atoms with van der Waals surface area (Å²) in [6.07, 6.45) is 5.62. The number of likely N-dealkylation sites (tertiary alicyclic amines) is 1. The van der Waals surface area contributed by atoms with Crippen LogP contribution in [0.15, 0.2) is 42.6 Å². The van der Waals surface area contributed by atoms with Crippen molar-refractivity contribution in [2.24, 2.45) is 0 Å². The summed E-state index contributed by atoms with van der Waals surface area (Å²) in [5.41, 5.74) is 2.78. The molecule has 3 heteroatoms. The lowest BCUT2D eigenvalue weighted by molar-refractivity contribution is 0.205. The lowest BCUT2D eigenvalue weighted by Gasteiger charge is -2.32. The fraction of sp³-hybridized carbons (Fsp3) is 0.500. The summed E-state index contributed by atoms with van der Waals surface area (Å²) in [5.74, 6) is 1.33. The predicted molar refractivity (Wildman–Crippen MR) is 86.5 cm³/mol. The minimum Gasteiger partial charge on any atom is -0.303 e. The van der Waals surface area contributed by atoms with E-state index < -0.39 is 0 Å². The number of benzene rings is 1. The molecule has 2 aromatic rings. The average molecular weight is 283 g/mol. The van der Waals surface area contributed by atoms with E-state index in [4.69, 9.17) is 0 Å². The first-order valence-corrected chi connectivity index (χ1v) is 8.09. The van der Waals surface area contributed by atoms with Crippen molar-refractivity contribution in [3.63, 3.8) is 0 Å². The molecule has 0 spiro atoms. The number of hydrogen-bond acceptors (Lipinski definition) is 2. The molecular weight excluding hydrogens is 258 g/mol. The van der Waals surface area contributed by atoms with Crippen molar-refractivity contribution in [1.29, 1.82) is 0 Å². The molecule has 1 aromatic heterocycles. The lowest BCUT2D eigenvalue weighted by Crippen LogP contribution is -2.34. The van der Waals surface area contributed by atoms with E-state index in [0.717, 1.165) is 0 Å². The normalized spacial score (nSPS) is 18.7. The second-order valence-electron chi connectivity index (χ2n) is 6.23. The molecule has 1 aliphatic rings. The van der Waals surface area contributed by atoms with Gasteiger partial charge in [0.15, 0.2) is 0 Å². The summed E-state index contributed by atoms with van der Waals surface area (Å²) >= 11 is 0. The van der Waals surface area contributed by atoms with E-state index in [-0.39, 0.29) is 0 Å². The Kier molecular flexibility index (Phi) is 4.71. The molecule has 1 fully saturated rings. The largest absolute Gasteiger partial charge is 0.303 e. The first kappa shape index (κ1) is 14.3. The zero-order chi connectivity index (χ0) is 14.5. The van der Waals surface area contributed by atoms with Gasteiger partial charge in [0, 0.05) is 17.8 Å². The monoisotopic (exact) mass is 283 g/mol. The highest BCUT2D eigenvalue weighted by molar-refractivity contribution is 5.18. The number of piperidine rings is 1. The van der Waals surface area contributed by atoms with Crippen molar-refractivity contribution in [2.45, 2.75) is 38.0 Å². The third-order valence-electron chi connectivity index (χ3n) is 4.80. The number of aromatic nitrogens is 2. The molecule has 0 bridgehead atoms. The van der Waals surface area contributed by atoms with Gasteiger partial charge < -0.3 is 4.90 Å². The van der Waals surface area contributed by atoms with Crippen LogP contribution in [0.1, 0.15) is 49.3 Å². The van der Waals surface area contributed by atoms with E-state index >= 15 is 0 Å². The predicted octanol–water partition coefficient (Wildman–Crippen LogP) is 3.78. The lowest BCUT2D eigenvalue weighted by atomic mass is 9.92. The Bertz CT molecular complexity index is 513. The summed E-state index contributed by atoms with van der Waals surface area (Å²) in [7, 11) is 0. The summed E-state index contributed by atoms with van der Waals surface area (Å²) in [6, 6.07) is 13.0. The highest BCUT2D eigenvalue weighted by Gasteiger charge is 2.21. The van der Waals surface area contributed by atoms with Crippen LogP contribution in [0.5, 0.6) is 0 Å². The van der Waals surface area contributed by atoms with E-state index in [1.165, 1.54) is 50.2 Å². The number of rotatable bonds is 5. The van der Waals surface area contributed by atoms with Gasteiger partial charge in [-0.2, -0.15) is 5.10 Å². The third-order valence-corrected chi connectivity index (χ3v) is 4.80. The molecule has 3 rings (SSSR count). The van der Waals surface area contributed by atoms with Gasteiger partial charge in [-0.25, -0.2) is 0 Å². The first-order chi connectivity index (χ1) is 10.3. The number of hydrogen-bond donors (Lipinski definition) is 1. The minimum absolute atomic E-state index is 0.650. The van der Waals surface area contributed by atoms with Crippen LogP contribution < -0.4 is 0 Å². The van der Waals surface area contributed by atoms with Crippen molar-refractivity contribution >= 4 is 0 Å². The maximum absolute atomic E-state index is 4.07. The molecule has 1 N–H and O–H groups in total. The standard InChI is InChI=1S/C18H25N3/c1-15(16-5-3-2-4-6-16)8-12-21-13-9-17(10-14-21)18-7-11-19-20-18/h2-7,11,15,17H,8-10,12-14H2,1H3,(H,19,20)/t15-/m0/s1. The van der Waals surface area contributed by atoms with Gasteiger partial charge in [-0.15, -0.1) is 0 Å². The van der Waals surface area contributed by atoms with Crippen molar-refractivity contribution < 1.29 is 0 Å². The van der Waals surface area contributed by atoms with Gasteiger partial charge in [0.1, 0.15) is 0 Å². The van der Waals surface area contributed by atoms with E-state index in [2.05, 4.69) is 58.4 Å². The SMILES string of the molecule is C[C@@H](CCN1CCC(c2ccn[nH]2)CC1)c1ccccc1. The summed E-state index contributed by atoms with van der Waals surface area (Å²) in [5, 5.41) is 7.20. The molecule has 0 radical (unpaired) electrons. The van der Waals surface area contributed by atoms with Gasteiger partial charge in [0.2, 0.25) is 0 Å². The Morgan fingerprint density at radius 2 is 1.95 bits per heavy atom. The molecule has 0 aliphatic carbocycles. The topological polar surface area (TPSA) is 31.9 Å². The zero-order valence-corrected chi connectivity index (χ0v) is 12.8. The van der Waals surface area contributed by atoms with Gasteiger partial charge in [-0.1, -0.05) is 37.3 Å². The van der Waals surface area contributed by atoms with E-state index in [1.54, 1.807) is 0 Å². The number of H-pyrrole nitrogens is 1. The number of nitrogens with zero attached hydrogens (tertiary/aromatic N) is 2. The fourth-order valence-electron chi connectivity index (χ4n) is 3.29. The average Bonchev–Trinajstić information content (AvgIpc) is 3.08. The Hall–Kier alpha value is -1.61. The van der Waals surface area contributed by atoms with Crippen LogP contribution in [0.3, 0.4) is 0 Å². The van der Waals surface area contributed by atoms with Crippen LogP contribution in [0.25, 0.3) is 0 Å². The number of nitrogens with one attached hydrogen (secondary N) is 1. The van der Waals surface area contributed by atoms with Crippen molar-refractivity contribution in [1.82, 2.24) is 15.1 Å². The van der Waals surface area contributed by atoms with E-state index in [1.807, 2.05) is 6.20 Å². The molecular formula is C18H25N3. The van der Waals surface area contributed by atoms with Crippen LogP contribution in [-0.2, 0) is 0 Å². The summed E-state index contributed by atoms with van der Waals surface area (Å²) in [4.78, 5) is 2.62. The van der Waals surface area contributed by atoms with E-state index in [0.29, 0.717) is 11.8 Å². The molecule has 0 amide bonds. The first-order valence-electron chi connectivity index (χ1n) is 8.09. The van der Waals surface area contributed by atoms with Gasteiger partial charge in [0.25, 0.3) is 0 Å². The fourth-order valence-corrected chi connectivity index (χ4v) is 3.29. The molecule has 1 saturated heterocycles. The van der Waals surface area contributed by atoms with Crippen molar-refractivity contribution in [3.8, 4) is 0 Å². The van der Waals surface area contributed by atoms with Crippen LogP contribution in [0, 0.1) is 0 Å². The molecule has 112 valence electrons. The molecule has 2 heterocycles. The second kappa shape index (κ2) is 6.90. The van der Waals surface area contributed by atoms with Gasteiger partial charge in [0.05, 0.1) is 0 Å². The van der Waals surface area contributed by atoms with Crippen LogP contribution >= 0.6 is 0 Å². The van der Waals surface area contributed by atoms with Crippen molar-refractivity contribution in [2.75, 3.05) is 19.6 Å². The van der Waals surface area contributed by atoms with Crippen molar-refractivity contribution in [3.05, 3.63) is 53.9 Å². The highest BCUT2D eigenvalue weighted by Crippen LogP contribution is 2.27. The molecule has 1 atom stereocenters. The van der Waals surface area contributed by atoms with Gasteiger partial charge >= 0.3 is 0 Å². The Morgan fingerprint density at radius 1 is 1.19 bits per heavy atom. The van der Waals surface area contributed by atoms with Crippen LogP contribution in [0.4, 0.5) is 0 Å². The summed E-state index contributed by atoms with van der Waals surface area (Å²) in [6.45, 7) is 5.98. The minimum atomic E-state index is 0.650. The molecule has 1 aromatic carbocycles. The molecule has 3 nitrogen and oxygen atoms in total. The maximum atomic E-state index is 4.07. The Labute approximate surface area is 127 Å². The highest BCUT2D eigenvalue weighted by atomic mass is 15.1. The molecule has 0 unspecified atom stereocenters. The smallest absolute Gasteiger partial charge is 0.0490 e. The second-order valence-corrected chi connectivity index (χ2v) is 6.23. The molecule has 0 saturated carbocycles. The zero-order valence-electron chi connectivity index (χ0n) is 12.8.